The van der Waals surface area contributed by atoms with Crippen molar-refractivity contribution in [2.45, 2.75) is 38.8 Å². The van der Waals surface area contributed by atoms with Gasteiger partial charge >= 0.3 is 5.97 Å². The smallest absolute Gasteiger partial charge is 0.364 e. The van der Waals surface area contributed by atoms with Crippen LogP contribution in [0.1, 0.15) is 31.7 Å². The number of hydrogen-bond acceptors (Lipinski definition) is 3. The van der Waals surface area contributed by atoms with E-state index in [4.69, 9.17) is 4.74 Å². The molecule has 1 aromatic carbocycles. The van der Waals surface area contributed by atoms with Gasteiger partial charge in [0.05, 0.1) is 13.2 Å². The Morgan fingerprint density at radius 3 is 2.95 bits per heavy atom. The first-order chi connectivity index (χ1) is 9.22. The minimum Gasteiger partial charge on any atom is -0.507 e. The number of benzene rings is 1. The van der Waals surface area contributed by atoms with Gasteiger partial charge in [0.15, 0.2) is 6.04 Å². The predicted octanol–water partition coefficient (Wildman–Crippen LogP) is 0.893. The molecule has 4 nitrogen and oxygen atoms in total. The summed E-state index contributed by atoms with van der Waals surface area (Å²) >= 11 is 0. The van der Waals surface area contributed by atoms with E-state index in [1.165, 1.54) is 4.90 Å². The summed E-state index contributed by atoms with van der Waals surface area (Å²) in [6, 6.07) is 7.25. The molecule has 4 heteroatoms. The van der Waals surface area contributed by atoms with E-state index in [0.29, 0.717) is 18.9 Å². The number of phenolic OH excluding ortho intramolecular Hbond substituents is 1. The van der Waals surface area contributed by atoms with Crippen LogP contribution in [0.4, 0.5) is 0 Å². The van der Waals surface area contributed by atoms with E-state index >= 15 is 0 Å². The van der Waals surface area contributed by atoms with E-state index in [0.717, 1.165) is 31.4 Å². The molecule has 1 aromatic rings. The van der Waals surface area contributed by atoms with Crippen LogP contribution in [-0.4, -0.2) is 30.3 Å². The van der Waals surface area contributed by atoms with Gasteiger partial charge in [0.2, 0.25) is 0 Å². The predicted molar refractivity (Wildman–Crippen MR) is 71.9 cm³/mol. The van der Waals surface area contributed by atoms with Gasteiger partial charge in [-0.1, -0.05) is 12.1 Å². The molecule has 2 atom stereocenters. The van der Waals surface area contributed by atoms with E-state index in [1.807, 2.05) is 25.1 Å². The molecule has 1 aliphatic heterocycles. The topological polar surface area (TPSA) is 51.0 Å². The van der Waals surface area contributed by atoms with Gasteiger partial charge in [-0.25, -0.2) is 4.79 Å². The maximum absolute atomic E-state index is 12.0. The van der Waals surface area contributed by atoms with Crippen molar-refractivity contribution in [3.63, 3.8) is 0 Å². The summed E-state index contributed by atoms with van der Waals surface area (Å²) in [5.74, 6) is 0.204. The summed E-state index contributed by atoms with van der Waals surface area (Å²) in [7, 11) is 0. The lowest BCUT2D eigenvalue weighted by molar-refractivity contribution is -0.935. The summed E-state index contributed by atoms with van der Waals surface area (Å²) in [6.45, 7) is 3.90. The summed E-state index contributed by atoms with van der Waals surface area (Å²) in [5, 5.41) is 9.84. The molecule has 104 valence electrons. The second-order valence-corrected chi connectivity index (χ2v) is 5.01. The van der Waals surface area contributed by atoms with Gasteiger partial charge in [-0.2, -0.15) is 0 Å². The fourth-order valence-corrected chi connectivity index (χ4v) is 2.72. The maximum Gasteiger partial charge on any atom is 0.364 e. The van der Waals surface area contributed by atoms with Crippen molar-refractivity contribution in [3.8, 4) is 5.75 Å². The Balaban J connectivity index is 2.07. The number of ether oxygens (including phenoxy) is 1. The Bertz CT molecular complexity index is 433. The van der Waals surface area contributed by atoms with Crippen molar-refractivity contribution in [3.05, 3.63) is 29.8 Å². The van der Waals surface area contributed by atoms with Crippen molar-refractivity contribution in [2.24, 2.45) is 0 Å². The standard InChI is InChI=1S/C15H21NO3/c1-2-19-15(18)13-8-5-6-10-16(13)11-12-7-3-4-9-14(12)17/h3-4,7,9,13,17H,2,5-6,8,10-11H2,1H3/p+1/t13-/m0/s1. The van der Waals surface area contributed by atoms with Crippen LogP contribution in [0, 0.1) is 0 Å². The normalized spacial score (nSPS) is 23.0. The lowest BCUT2D eigenvalue weighted by atomic mass is 10.0. The van der Waals surface area contributed by atoms with Gasteiger partial charge in [-0.3, -0.25) is 0 Å². The highest BCUT2D eigenvalue weighted by Crippen LogP contribution is 2.15. The summed E-state index contributed by atoms with van der Waals surface area (Å²) in [6.07, 6.45) is 3.08. The first-order valence-electron chi connectivity index (χ1n) is 7.00. The summed E-state index contributed by atoms with van der Waals surface area (Å²) < 4.78 is 5.16. The van der Waals surface area contributed by atoms with E-state index in [1.54, 1.807) is 6.07 Å². The number of phenols is 1. The van der Waals surface area contributed by atoms with Crippen LogP contribution in [0.25, 0.3) is 0 Å². The largest absolute Gasteiger partial charge is 0.507 e. The second kappa shape index (κ2) is 6.57. The molecule has 19 heavy (non-hydrogen) atoms. The molecule has 0 aliphatic carbocycles. The van der Waals surface area contributed by atoms with Crippen LogP contribution < -0.4 is 4.90 Å². The highest BCUT2D eigenvalue weighted by Gasteiger charge is 2.33. The Labute approximate surface area is 114 Å². The number of piperidine rings is 1. The number of hydrogen-bond donors (Lipinski definition) is 2. The van der Waals surface area contributed by atoms with Gasteiger partial charge in [0.1, 0.15) is 12.3 Å². The Morgan fingerprint density at radius 1 is 1.42 bits per heavy atom. The van der Waals surface area contributed by atoms with Crippen molar-refractivity contribution in [1.82, 2.24) is 0 Å². The van der Waals surface area contributed by atoms with Crippen LogP contribution in [-0.2, 0) is 16.1 Å². The van der Waals surface area contributed by atoms with Crippen molar-refractivity contribution < 1.29 is 19.5 Å². The molecule has 1 aliphatic rings. The van der Waals surface area contributed by atoms with Crippen LogP contribution in [0.15, 0.2) is 24.3 Å². The van der Waals surface area contributed by atoms with E-state index in [9.17, 15) is 9.90 Å². The molecule has 1 saturated heterocycles. The molecule has 1 fully saturated rings. The number of rotatable bonds is 4. The highest BCUT2D eigenvalue weighted by molar-refractivity contribution is 5.74. The van der Waals surface area contributed by atoms with Crippen molar-refractivity contribution in [1.29, 1.82) is 0 Å². The molecular formula is C15H22NO3+. The Kier molecular flexibility index (Phi) is 4.80. The summed E-state index contributed by atoms with van der Waals surface area (Å²) in [5.41, 5.74) is 0.897. The molecule has 0 bridgehead atoms. The second-order valence-electron chi connectivity index (χ2n) is 5.01. The SMILES string of the molecule is CCOC(=O)[C@@H]1CCCC[NH+]1Cc1ccccc1O. The number of aromatic hydroxyl groups is 1. The number of nitrogens with one attached hydrogen (secondary N) is 1. The number of likely N-dealkylation sites (tertiary alicyclic amines) is 1. The minimum atomic E-state index is -0.104. The lowest BCUT2D eigenvalue weighted by Crippen LogP contribution is -3.16. The Morgan fingerprint density at radius 2 is 2.21 bits per heavy atom. The lowest BCUT2D eigenvalue weighted by Gasteiger charge is -2.31. The third kappa shape index (κ3) is 3.47. The van der Waals surface area contributed by atoms with Crippen molar-refractivity contribution in [2.75, 3.05) is 13.2 Å². The molecule has 1 unspecified atom stereocenters. The highest BCUT2D eigenvalue weighted by atomic mass is 16.5. The van der Waals surface area contributed by atoms with E-state index < -0.39 is 0 Å². The molecule has 0 amide bonds. The number of esters is 1. The van der Waals surface area contributed by atoms with Crippen LogP contribution in [0.2, 0.25) is 0 Å². The van der Waals surface area contributed by atoms with Gasteiger partial charge in [0, 0.05) is 12.0 Å². The third-order valence-corrected chi connectivity index (χ3v) is 3.71. The molecular weight excluding hydrogens is 242 g/mol. The maximum atomic E-state index is 12.0. The monoisotopic (exact) mass is 264 g/mol. The number of carbonyl (C=O) groups is 1. The average molecular weight is 264 g/mol. The van der Waals surface area contributed by atoms with Gasteiger partial charge in [-0.15, -0.1) is 0 Å². The summed E-state index contributed by atoms with van der Waals surface area (Å²) in [4.78, 5) is 13.2. The first-order valence-corrected chi connectivity index (χ1v) is 7.00. The minimum absolute atomic E-state index is 0.0895. The zero-order valence-corrected chi connectivity index (χ0v) is 11.4. The fourth-order valence-electron chi connectivity index (χ4n) is 2.72. The molecule has 2 N–H and O–H groups in total. The fraction of sp³-hybridized carbons (Fsp3) is 0.533. The molecule has 0 spiro atoms. The molecule has 0 radical (unpaired) electrons. The number of carbonyl (C=O) groups excluding carboxylic acids is 1. The first kappa shape index (κ1) is 13.9. The third-order valence-electron chi connectivity index (χ3n) is 3.71. The van der Waals surface area contributed by atoms with Crippen LogP contribution in [0.5, 0.6) is 5.75 Å². The number of quaternary nitrogens is 1. The van der Waals surface area contributed by atoms with E-state index in [2.05, 4.69) is 0 Å². The van der Waals surface area contributed by atoms with Gasteiger partial charge in [-0.05, 0) is 31.9 Å². The zero-order chi connectivity index (χ0) is 13.7. The van der Waals surface area contributed by atoms with Gasteiger partial charge < -0.3 is 14.7 Å². The molecule has 2 rings (SSSR count). The number of para-hydroxylation sites is 1. The van der Waals surface area contributed by atoms with Crippen LogP contribution >= 0.6 is 0 Å². The average Bonchev–Trinajstić information content (AvgIpc) is 2.42. The quantitative estimate of drug-likeness (QED) is 0.794. The van der Waals surface area contributed by atoms with E-state index in [-0.39, 0.29) is 12.0 Å². The van der Waals surface area contributed by atoms with Gasteiger partial charge in [0.25, 0.3) is 0 Å². The molecule has 0 saturated carbocycles. The molecule has 0 aromatic heterocycles. The Hall–Kier alpha value is -1.55. The van der Waals surface area contributed by atoms with Crippen molar-refractivity contribution >= 4 is 5.97 Å². The van der Waals surface area contributed by atoms with Crippen LogP contribution in [0.3, 0.4) is 0 Å². The zero-order valence-electron chi connectivity index (χ0n) is 11.4. The molecule has 1 heterocycles.